The molecule has 4 nitrogen and oxygen atoms in total. The van der Waals surface area contributed by atoms with Gasteiger partial charge in [-0.1, -0.05) is 23.8 Å². The zero-order chi connectivity index (χ0) is 19.0. The molecule has 0 saturated carbocycles. The Hall–Kier alpha value is -1.88. The maximum Gasteiger partial charge on any atom is 0.191 e. The molecular weight excluding hydrogens is 341 g/mol. The molecular formula is C22H32FN3O. The average Bonchev–Trinajstić information content (AvgIpc) is 2.72. The Kier molecular flexibility index (Phi) is 7.27. The summed E-state index contributed by atoms with van der Waals surface area (Å²) in [5.74, 6) is 0.641. The van der Waals surface area contributed by atoms with Crippen LogP contribution in [-0.2, 0) is 10.2 Å². The van der Waals surface area contributed by atoms with Gasteiger partial charge in [0.2, 0.25) is 0 Å². The number of ether oxygens (including phenoxy) is 1. The highest BCUT2D eigenvalue weighted by atomic mass is 19.1. The lowest BCUT2D eigenvalue weighted by molar-refractivity contribution is 0.0513. The van der Waals surface area contributed by atoms with Crippen molar-refractivity contribution in [2.75, 3.05) is 33.4 Å². The van der Waals surface area contributed by atoms with Gasteiger partial charge in [-0.05, 0) is 62.6 Å². The largest absolute Gasteiger partial charge is 0.381 e. The molecule has 1 aromatic rings. The van der Waals surface area contributed by atoms with Crippen molar-refractivity contribution in [3.05, 3.63) is 47.3 Å². The molecule has 0 atom stereocenters. The van der Waals surface area contributed by atoms with Gasteiger partial charge in [0.25, 0.3) is 0 Å². The Morgan fingerprint density at radius 1 is 1.15 bits per heavy atom. The number of aliphatic imine (C=N–C) groups is 1. The molecule has 0 bridgehead atoms. The summed E-state index contributed by atoms with van der Waals surface area (Å²) in [5, 5.41) is 6.94. The number of nitrogens with one attached hydrogen (secondary N) is 2. The number of rotatable bonds is 6. The maximum atomic E-state index is 13.4. The Balaban J connectivity index is 1.56. The molecule has 1 aliphatic carbocycles. The quantitative estimate of drug-likeness (QED) is 0.451. The van der Waals surface area contributed by atoms with Gasteiger partial charge >= 0.3 is 0 Å². The van der Waals surface area contributed by atoms with Crippen molar-refractivity contribution >= 4 is 5.96 Å². The Morgan fingerprint density at radius 2 is 1.93 bits per heavy atom. The summed E-state index contributed by atoms with van der Waals surface area (Å²) >= 11 is 0. The first-order valence-corrected chi connectivity index (χ1v) is 10.2. The summed E-state index contributed by atoms with van der Waals surface area (Å²) in [7, 11) is 1.81. The van der Waals surface area contributed by atoms with Gasteiger partial charge < -0.3 is 15.4 Å². The fourth-order valence-corrected chi connectivity index (χ4v) is 4.08. The Labute approximate surface area is 162 Å². The zero-order valence-electron chi connectivity index (χ0n) is 16.4. The molecule has 0 aromatic heterocycles. The van der Waals surface area contributed by atoms with Gasteiger partial charge in [-0.3, -0.25) is 4.99 Å². The molecule has 2 N–H and O–H groups in total. The molecule has 1 heterocycles. The second-order valence-corrected chi connectivity index (χ2v) is 7.61. The molecule has 27 heavy (non-hydrogen) atoms. The van der Waals surface area contributed by atoms with Gasteiger partial charge in [0.15, 0.2) is 5.96 Å². The van der Waals surface area contributed by atoms with Crippen molar-refractivity contribution in [3.8, 4) is 0 Å². The van der Waals surface area contributed by atoms with E-state index in [4.69, 9.17) is 4.74 Å². The van der Waals surface area contributed by atoms with E-state index in [2.05, 4.69) is 21.7 Å². The number of guanidine groups is 1. The van der Waals surface area contributed by atoms with Crippen LogP contribution in [0.4, 0.5) is 4.39 Å². The maximum absolute atomic E-state index is 13.4. The molecule has 1 saturated heterocycles. The summed E-state index contributed by atoms with van der Waals surface area (Å²) in [6.45, 7) is 3.14. The lowest BCUT2D eigenvalue weighted by Crippen LogP contribution is -2.48. The van der Waals surface area contributed by atoms with Crippen molar-refractivity contribution in [1.82, 2.24) is 10.6 Å². The molecule has 0 spiro atoms. The van der Waals surface area contributed by atoms with Crippen LogP contribution >= 0.6 is 0 Å². The highest BCUT2D eigenvalue weighted by molar-refractivity contribution is 5.79. The van der Waals surface area contributed by atoms with E-state index in [0.717, 1.165) is 51.5 Å². The fourth-order valence-electron chi connectivity index (χ4n) is 4.08. The van der Waals surface area contributed by atoms with Crippen LogP contribution in [0.1, 0.15) is 50.5 Å². The Morgan fingerprint density at radius 3 is 2.59 bits per heavy atom. The van der Waals surface area contributed by atoms with Gasteiger partial charge in [-0.25, -0.2) is 4.39 Å². The standard InChI is InChI=1S/C22H32FN3O/c1-24-21(25-14-11-18-5-3-2-4-6-18)26-17-22(12-15-27-16-13-22)19-7-9-20(23)10-8-19/h5,7-10H,2-4,6,11-17H2,1H3,(H2,24,25,26). The van der Waals surface area contributed by atoms with Crippen LogP contribution in [0.2, 0.25) is 0 Å². The van der Waals surface area contributed by atoms with Crippen molar-refractivity contribution in [3.63, 3.8) is 0 Å². The summed E-state index contributed by atoms with van der Waals surface area (Å²) in [5.41, 5.74) is 2.69. The van der Waals surface area contributed by atoms with Gasteiger partial charge in [0, 0.05) is 38.8 Å². The van der Waals surface area contributed by atoms with E-state index in [-0.39, 0.29) is 11.2 Å². The molecule has 2 aliphatic rings. The highest BCUT2D eigenvalue weighted by Crippen LogP contribution is 2.34. The number of benzene rings is 1. The molecule has 1 aliphatic heterocycles. The lowest BCUT2D eigenvalue weighted by Gasteiger charge is -2.38. The summed E-state index contributed by atoms with van der Waals surface area (Å²) < 4.78 is 18.9. The van der Waals surface area contributed by atoms with Crippen LogP contribution in [0.3, 0.4) is 0 Å². The highest BCUT2D eigenvalue weighted by Gasteiger charge is 2.34. The molecule has 1 fully saturated rings. The van der Waals surface area contributed by atoms with E-state index in [9.17, 15) is 4.39 Å². The van der Waals surface area contributed by atoms with Crippen LogP contribution in [0.5, 0.6) is 0 Å². The third kappa shape index (κ3) is 5.55. The molecule has 5 heteroatoms. The molecule has 0 amide bonds. The average molecular weight is 374 g/mol. The predicted octanol–water partition coefficient (Wildman–Crippen LogP) is 3.93. The van der Waals surface area contributed by atoms with Crippen LogP contribution < -0.4 is 10.6 Å². The van der Waals surface area contributed by atoms with Crippen LogP contribution in [0, 0.1) is 5.82 Å². The molecule has 1 aromatic carbocycles. The minimum atomic E-state index is -0.191. The topological polar surface area (TPSA) is 45.7 Å². The van der Waals surface area contributed by atoms with Crippen molar-refractivity contribution in [2.24, 2.45) is 4.99 Å². The zero-order valence-corrected chi connectivity index (χ0v) is 16.4. The third-order valence-electron chi connectivity index (χ3n) is 5.85. The number of hydrogen-bond acceptors (Lipinski definition) is 2. The monoisotopic (exact) mass is 373 g/mol. The van der Waals surface area contributed by atoms with E-state index in [0.29, 0.717) is 0 Å². The third-order valence-corrected chi connectivity index (χ3v) is 5.85. The van der Waals surface area contributed by atoms with E-state index in [1.165, 1.54) is 31.2 Å². The minimum absolute atomic E-state index is 0.0462. The number of hydrogen-bond donors (Lipinski definition) is 2. The van der Waals surface area contributed by atoms with E-state index < -0.39 is 0 Å². The van der Waals surface area contributed by atoms with Gasteiger partial charge in [0.1, 0.15) is 5.82 Å². The molecule has 0 radical (unpaired) electrons. The second kappa shape index (κ2) is 9.88. The van der Waals surface area contributed by atoms with E-state index >= 15 is 0 Å². The summed E-state index contributed by atoms with van der Waals surface area (Å²) in [6, 6.07) is 6.93. The normalized spacial score (nSPS) is 20.1. The minimum Gasteiger partial charge on any atom is -0.381 e. The molecule has 148 valence electrons. The molecule has 0 unspecified atom stereocenters. The van der Waals surface area contributed by atoms with Gasteiger partial charge in [-0.2, -0.15) is 0 Å². The smallest absolute Gasteiger partial charge is 0.191 e. The number of halogens is 1. The van der Waals surface area contributed by atoms with Crippen molar-refractivity contribution in [1.29, 1.82) is 0 Å². The predicted molar refractivity (Wildman–Crippen MR) is 109 cm³/mol. The first kappa shape index (κ1) is 19.9. The van der Waals surface area contributed by atoms with Gasteiger partial charge in [0.05, 0.1) is 0 Å². The Bertz CT molecular complexity index is 648. The van der Waals surface area contributed by atoms with Crippen LogP contribution in [0.15, 0.2) is 40.9 Å². The van der Waals surface area contributed by atoms with E-state index in [1.807, 2.05) is 19.2 Å². The second-order valence-electron chi connectivity index (χ2n) is 7.61. The summed E-state index contributed by atoms with van der Waals surface area (Å²) in [6.07, 6.45) is 10.4. The first-order valence-electron chi connectivity index (χ1n) is 10.2. The summed E-state index contributed by atoms with van der Waals surface area (Å²) in [4.78, 5) is 4.38. The number of nitrogens with zero attached hydrogens (tertiary/aromatic N) is 1. The van der Waals surface area contributed by atoms with Crippen molar-refractivity contribution in [2.45, 2.75) is 50.4 Å². The van der Waals surface area contributed by atoms with Crippen LogP contribution in [0.25, 0.3) is 0 Å². The fraction of sp³-hybridized carbons (Fsp3) is 0.591. The van der Waals surface area contributed by atoms with Gasteiger partial charge in [-0.15, -0.1) is 0 Å². The lowest BCUT2D eigenvalue weighted by atomic mass is 9.74. The molecule has 3 rings (SSSR count). The van der Waals surface area contributed by atoms with Crippen LogP contribution in [-0.4, -0.2) is 39.3 Å². The van der Waals surface area contributed by atoms with E-state index in [1.54, 1.807) is 17.7 Å². The van der Waals surface area contributed by atoms with Crippen molar-refractivity contribution < 1.29 is 9.13 Å². The number of allylic oxidation sites excluding steroid dienone is 1. The first-order chi connectivity index (χ1) is 13.2. The SMILES string of the molecule is CN=C(NCCC1=CCCCC1)NCC1(c2ccc(F)cc2)CCOCC1.